The molecule has 0 heterocycles. The van der Waals surface area contributed by atoms with E-state index in [2.05, 4.69) is 0 Å². The highest BCUT2D eigenvalue weighted by Gasteiger charge is 2.12. The molecule has 0 aromatic heterocycles. The number of ether oxygens (including phenoxy) is 1. The fourth-order valence-electron chi connectivity index (χ4n) is 1.44. The van der Waals surface area contributed by atoms with Gasteiger partial charge < -0.3 is 14.7 Å². The van der Waals surface area contributed by atoms with Crippen LogP contribution in [-0.2, 0) is 0 Å². The third-order valence-electron chi connectivity index (χ3n) is 2.38. The van der Waals surface area contributed by atoms with Gasteiger partial charge in [-0.05, 0) is 31.2 Å². The highest BCUT2D eigenvalue weighted by molar-refractivity contribution is 5.94. The van der Waals surface area contributed by atoms with Gasteiger partial charge in [0.25, 0.3) is 5.91 Å². The summed E-state index contributed by atoms with van der Waals surface area (Å²) in [6.07, 6.45) is 0. The predicted molar refractivity (Wildman–Crippen MR) is 61.7 cm³/mol. The average molecular weight is 223 g/mol. The molecule has 0 saturated carbocycles. The molecule has 0 atom stereocenters. The van der Waals surface area contributed by atoms with E-state index in [1.807, 2.05) is 6.92 Å². The Bertz CT molecular complexity index is 335. The number of aliphatic hydroxyl groups is 1. The highest BCUT2D eigenvalue weighted by Crippen LogP contribution is 2.12. The fourth-order valence-corrected chi connectivity index (χ4v) is 1.44. The lowest BCUT2D eigenvalue weighted by atomic mass is 10.2. The first-order valence-electron chi connectivity index (χ1n) is 5.27. The minimum atomic E-state index is -0.0702. The van der Waals surface area contributed by atoms with Crippen molar-refractivity contribution < 1.29 is 14.6 Å². The second-order valence-electron chi connectivity index (χ2n) is 3.34. The number of carbonyl (C=O) groups is 1. The molecule has 0 spiro atoms. The first-order chi connectivity index (χ1) is 7.72. The molecule has 0 bridgehead atoms. The third kappa shape index (κ3) is 2.97. The van der Waals surface area contributed by atoms with Crippen LogP contribution < -0.4 is 4.74 Å². The van der Waals surface area contributed by atoms with Crippen molar-refractivity contribution in [2.45, 2.75) is 6.92 Å². The summed E-state index contributed by atoms with van der Waals surface area (Å²) in [5.74, 6) is 0.654. The molecule has 0 saturated heterocycles. The second kappa shape index (κ2) is 6.12. The summed E-state index contributed by atoms with van der Waals surface area (Å²) in [6.45, 7) is 2.82. The zero-order valence-corrected chi connectivity index (χ0v) is 9.64. The van der Waals surface area contributed by atoms with E-state index in [0.717, 1.165) is 5.75 Å². The van der Waals surface area contributed by atoms with Gasteiger partial charge in [0.2, 0.25) is 0 Å². The molecule has 1 aromatic rings. The lowest BCUT2D eigenvalue weighted by Gasteiger charge is -2.19. The van der Waals surface area contributed by atoms with Crippen LogP contribution in [0, 0.1) is 0 Å². The van der Waals surface area contributed by atoms with E-state index < -0.39 is 0 Å². The van der Waals surface area contributed by atoms with Crippen LogP contribution in [0.2, 0.25) is 0 Å². The first-order valence-corrected chi connectivity index (χ1v) is 5.27. The maximum absolute atomic E-state index is 11.9. The van der Waals surface area contributed by atoms with E-state index in [9.17, 15) is 4.79 Å². The molecular formula is C12H17NO3. The van der Waals surface area contributed by atoms with Crippen LogP contribution in [0.15, 0.2) is 24.3 Å². The number of likely N-dealkylation sites (N-methyl/N-ethyl adjacent to an activating group) is 1. The van der Waals surface area contributed by atoms with Gasteiger partial charge in [0.05, 0.1) is 13.7 Å². The van der Waals surface area contributed by atoms with E-state index in [0.29, 0.717) is 18.7 Å². The molecule has 16 heavy (non-hydrogen) atoms. The van der Waals surface area contributed by atoms with Crippen LogP contribution in [0.4, 0.5) is 0 Å². The number of benzene rings is 1. The summed E-state index contributed by atoms with van der Waals surface area (Å²) in [6, 6.07) is 6.95. The lowest BCUT2D eigenvalue weighted by Crippen LogP contribution is -2.33. The fraction of sp³-hybridized carbons (Fsp3) is 0.417. The molecule has 0 aliphatic carbocycles. The van der Waals surface area contributed by atoms with E-state index in [-0.39, 0.29) is 12.5 Å². The Labute approximate surface area is 95.5 Å². The Balaban J connectivity index is 2.78. The summed E-state index contributed by atoms with van der Waals surface area (Å²) in [7, 11) is 1.58. The van der Waals surface area contributed by atoms with Gasteiger partial charge in [-0.15, -0.1) is 0 Å². The number of carbonyl (C=O) groups excluding carboxylic acids is 1. The zero-order chi connectivity index (χ0) is 12.0. The van der Waals surface area contributed by atoms with Gasteiger partial charge in [-0.25, -0.2) is 0 Å². The highest BCUT2D eigenvalue weighted by atomic mass is 16.5. The summed E-state index contributed by atoms with van der Waals surface area (Å²) >= 11 is 0. The molecule has 4 heteroatoms. The summed E-state index contributed by atoms with van der Waals surface area (Å²) in [5, 5.41) is 8.83. The van der Waals surface area contributed by atoms with Crippen molar-refractivity contribution in [1.29, 1.82) is 0 Å². The van der Waals surface area contributed by atoms with Crippen molar-refractivity contribution in [3.63, 3.8) is 0 Å². The Hall–Kier alpha value is -1.55. The second-order valence-corrected chi connectivity index (χ2v) is 3.34. The van der Waals surface area contributed by atoms with Gasteiger partial charge in [-0.2, -0.15) is 0 Å². The molecule has 0 unspecified atom stereocenters. The van der Waals surface area contributed by atoms with Crippen LogP contribution in [0.1, 0.15) is 17.3 Å². The molecular weight excluding hydrogens is 206 g/mol. The topological polar surface area (TPSA) is 49.8 Å². The number of nitrogens with zero attached hydrogens (tertiary/aromatic N) is 1. The van der Waals surface area contributed by atoms with Crippen LogP contribution in [0.25, 0.3) is 0 Å². The molecule has 0 radical (unpaired) electrons. The van der Waals surface area contributed by atoms with Crippen LogP contribution >= 0.6 is 0 Å². The first kappa shape index (κ1) is 12.5. The Morgan fingerprint density at radius 2 is 2.00 bits per heavy atom. The molecule has 0 aliphatic rings. The van der Waals surface area contributed by atoms with Crippen LogP contribution in [0.5, 0.6) is 5.75 Å². The summed E-state index contributed by atoms with van der Waals surface area (Å²) in [5.41, 5.74) is 0.608. The van der Waals surface area contributed by atoms with Gasteiger partial charge in [0, 0.05) is 18.7 Å². The van der Waals surface area contributed by atoms with Gasteiger partial charge in [-0.1, -0.05) is 0 Å². The van der Waals surface area contributed by atoms with E-state index >= 15 is 0 Å². The largest absolute Gasteiger partial charge is 0.497 e. The van der Waals surface area contributed by atoms with E-state index in [1.165, 1.54) is 0 Å². The molecule has 88 valence electrons. The van der Waals surface area contributed by atoms with Gasteiger partial charge in [0.15, 0.2) is 0 Å². The minimum absolute atomic E-state index is 0.0181. The Morgan fingerprint density at radius 3 is 2.44 bits per heavy atom. The van der Waals surface area contributed by atoms with E-state index in [4.69, 9.17) is 9.84 Å². The van der Waals surface area contributed by atoms with Crippen molar-refractivity contribution in [3.8, 4) is 5.75 Å². The van der Waals surface area contributed by atoms with Crippen molar-refractivity contribution in [1.82, 2.24) is 4.90 Å². The number of methoxy groups -OCH3 is 1. The molecule has 1 rings (SSSR count). The maximum atomic E-state index is 11.9. The molecule has 1 N–H and O–H groups in total. The SMILES string of the molecule is CCN(CCO)C(=O)c1ccc(OC)cc1. The minimum Gasteiger partial charge on any atom is -0.497 e. The zero-order valence-electron chi connectivity index (χ0n) is 9.64. The Kier molecular flexibility index (Phi) is 4.79. The smallest absolute Gasteiger partial charge is 0.253 e. The van der Waals surface area contributed by atoms with Gasteiger partial charge >= 0.3 is 0 Å². The quantitative estimate of drug-likeness (QED) is 0.814. The standard InChI is InChI=1S/C12H17NO3/c1-3-13(8-9-14)12(15)10-4-6-11(16-2)7-5-10/h4-7,14H,3,8-9H2,1-2H3. The maximum Gasteiger partial charge on any atom is 0.253 e. The number of aliphatic hydroxyl groups excluding tert-OH is 1. The summed E-state index contributed by atoms with van der Waals surface area (Å²) in [4.78, 5) is 13.5. The van der Waals surface area contributed by atoms with Crippen LogP contribution in [0.3, 0.4) is 0 Å². The molecule has 0 fully saturated rings. The summed E-state index contributed by atoms with van der Waals surface area (Å²) < 4.78 is 5.02. The number of hydrogen-bond donors (Lipinski definition) is 1. The normalized spacial score (nSPS) is 9.94. The number of hydrogen-bond acceptors (Lipinski definition) is 3. The van der Waals surface area contributed by atoms with Crippen molar-refractivity contribution in [2.75, 3.05) is 26.8 Å². The number of rotatable bonds is 5. The molecule has 4 nitrogen and oxygen atoms in total. The average Bonchev–Trinajstić information content (AvgIpc) is 2.35. The van der Waals surface area contributed by atoms with E-state index in [1.54, 1.807) is 36.3 Å². The van der Waals surface area contributed by atoms with Crippen molar-refractivity contribution in [2.24, 2.45) is 0 Å². The third-order valence-corrected chi connectivity index (χ3v) is 2.38. The Morgan fingerprint density at radius 1 is 1.38 bits per heavy atom. The molecule has 1 aromatic carbocycles. The lowest BCUT2D eigenvalue weighted by molar-refractivity contribution is 0.0732. The van der Waals surface area contributed by atoms with Crippen molar-refractivity contribution >= 4 is 5.91 Å². The molecule has 0 aliphatic heterocycles. The molecule has 1 amide bonds. The number of amides is 1. The predicted octanol–water partition coefficient (Wildman–Crippen LogP) is 1.15. The van der Waals surface area contributed by atoms with Crippen LogP contribution in [-0.4, -0.2) is 42.7 Å². The van der Waals surface area contributed by atoms with Gasteiger partial charge in [0.1, 0.15) is 5.75 Å². The van der Waals surface area contributed by atoms with Gasteiger partial charge in [-0.3, -0.25) is 4.79 Å². The van der Waals surface area contributed by atoms with Crippen molar-refractivity contribution in [3.05, 3.63) is 29.8 Å². The monoisotopic (exact) mass is 223 g/mol.